The van der Waals surface area contributed by atoms with Crippen molar-refractivity contribution < 1.29 is 4.74 Å². The minimum atomic E-state index is 0.398. The Balaban J connectivity index is 2.31. The molecule has 1 aromatic heterocycles. The van der Waals surface area contributed by atoms with Gasteiger partial charge in [-0.2, -0.15) is 4.98 Å². The Morgan fingerprint density at radius 2 is 1.89 bits per heavy atom. The zero-order chi connectivity index (χ0) is 13.8. The van der Waals surface area contributed by atoms with Crippen LogP contribution in [0.25, 0.3) is 0 Å². The Hall–Kier alpha value is -2.34. The summed E-state index contributed by atoms with van der Waals surface area (Å²) in [6.45, 7) is 1.90. The van der Waals surface area contributed by atoms with Gasteiger partial charge in [0.05, 0.1) is 7.11 Å². The maximum Gasteiger partial charge on any atom is 0.239 e. The van der Waals surface area contributed by atoms with E-state index in [0.29, 0.717) is 5.95 Å². The summed E-state index contributed by atoms with van der Waals surface area (Å²) in [5, 5.41) is 0. The van der Waals surface area contributed by atoms with Crippen molar-refractivity contribution in [2.75, 3.05) is 24.5 Å². The number of benzene rings is 1. The molecule has 1 aromatic carbocycles. The summed E-state index contributed by atoms with van der Waals surface area (Å²) >= 11 is 0. The van der Waals surface area contributed by atoms with Crippen molar-refractivity contribution in [2.24, 2.45) is 5.84 Å². The van der Waals surface area contributed by atoms with Crippen LogP contribution in [0, 0.1) is 6.92 Å². The molecule has 0 atom stereocenters. The van der Waals surface area contributed by atoms with Crippen molar-refractivity contribution >= 4 is 17.5 Å². The SMILES string of the molecule is COc1ccc(N(C)c2cc(C)nc(NN)n2)cc1. The van der Waals surface area contributed by atoms with E-state index in [1.807, 2.05) is 49.2 Å². The average molecular weight is 259 g/mol. The van der Waals surface area contributed by atoms with Crippen LogP contribution in [0.15, 0.2) is 30.3 Å². The lowest BCUT2D eigenvalue weighted by atomic mass is 10.2. The number of nitrogens with two attached hydrogens (primary N) is 1. The highest BCUT2D eigenvalue weighted by atomic mass is 16.5. The molecule has 3 N–H and O–H groups in total. The molecule has 0 saturated carbocycles. The number of nitrogen functional groups attached to an aromatic ring is 1. The Morgan fingerprint density at radius 1 is 1.21 bits per heavy atom. The summed E-state index contributed by atoms with van der Waals surface area (Å²) in [6, 6.07) is 9.63. The molecule has 0 aliphatic rings. The van der Waals surface area contributed by atoms with Gasteiger partial charge in [-0.05, 0) is 31.2 Å². The minimum absolute atomic E-state index is 0.398. The summed E-state index contributed by atoms with van der Waals surface area (Å²) in [4.78, 5) is 10.4. The number of rotatable bonds is 4. The van der Waals surface area contributed by atoms with Crippen LogP contribution in [0.4, 0.5) is 17.5 Å². The molecule has 0 spiro atoms. The first-order valence-corrected chi connectivity index (χ1v) is 5.84. The minimum Gasteiger partial charge on any atom is -0.497 e. The Morgan fingerprint density at radius 3 is 2.47 bits per heavy atom. The fourth-order valence-corrected chi connectivity index (χ4v) is 1.73. The highest BCUT2D eigenvalue weighted by molar-refractivity contribution is 5.61. The molecule has 0 radical (unpaired) electrons. The number of hydrogen-bond donors (Lipinski definition) is 2. The van der Waals surface area contributed by atoms with E-state index in [1.165, 1.54) is 0 Å². The van der Waals surface area contributed by atoms with Crippen molar-refractivity contribution in [3.63, 3.8) is 0 Å². The highest BCUT2D eigenvalue weighted by Crippen LogP contribution is 2.24. The van der Waals surface area contributed by atoms with Crippen molar-refractivity contribution in [2.45, 2.75) is 6.92 Å². The van der Waals surface area contributed by atoms with Crippen LogP contribution in [-0.2, 0) is 0 Å². The summed E-state index contributed by atoms with van der Waals surface area (Å²) in [7, 11) is 3.58. The summed E-state index contributed by atoms with van der Waals surface area (Å²) in [5.74, 6) is 7.34. The molecule has 0 bridgehead atoms. The zero-order valence-electron chi connectivity index (χ0n) is 11.2. The van der Waals surface area contributed by atoms with Crippen molar-refractivity contribution in [1.29, 1.82) is 0 Å². The third-order valence-corrected chi connectivity index (χ3v) is 2.77. The Labute approximate surface area is 112 Å². The number of methoxy groups -OCH3 is 1. The third kappa shape index (κ3) is 2.92. The molecular formula is C13H17N5O. The van der Waals surface area contributed by atoms with Gasteiger partial charge >= 0.3 is 0 Å². The lowest BCUT2D eigenvalue weighted by Crippen LogP contribution is -2.16. The van der Waals surface area contributed by atoms with Crippen molar-refractivity contribution in [1.82, 2.24) is 9.97 Å². The van der Waals surface area contributed by atoms with E-state index in [-0.39, 0.29) is 0 Å². The van der Waals surface area contributed by atoms with E-state index in [0.717, 1.165) is 22.9 Å². The maximum atomic E-state index is 5.35. The van der Waals surface area contributed by atoms with E-state index >= 15 is 0 Å². The molecule has 6 heteroatoms. The van der Waals surface area contributed by atoms with E-state index in [1.54, 1.807) is 7.11 Å². The molecule has 0 unspecified atom stereocenters. The van der Waals surface area contributed by atoms with Crippen LogP contribution < -0.4 is 20.9 Å². The van der Waals surface area contributed by atoms with Gasteiger partial charge in [-0.3, -0.25) is 5.43 Å². The normalized spacial score (nSPS) is 10.1. The molecule has 2 rings (SSSR count). The first kappa shape index (κ1) is 13.1. The molecule has 0 saturated heterocycles. The highest BCUT2D eigenvalue weighted by Gasteiger charge is 2.08. The molecule has 0 aliphatic carbocycles. The first-order chi connectivity index (χ1) is 9.13. The van der Waals surface area contributed by atoms with Crippen LogP contribution in [0.2, 0.25) is 0 Å². The van der Waals surface area contributed by atoms with Crippen LogP contribution in [0.5, 0.6) is 5.75 Å². The van der Waals surface area contributed by atoms with Crippen molar-refractivity contribution in [3.05, 3.63) is 36.0 Å². The summed E-state index contributed by atoms with van der Waals surface area (Å²) < 4.78 is 5.14. The maximum absolute atomic E-state index is 5.35. The van der Waals surface area contributed by atoms with Gasteiger partial charge in [0.1, 0.15) is 11.6 Å². The van der Waals surface area contributed by atoms with Gasteiger partial charge in [-0.15, -0.1) is 0 Å². The molecule has 1 heterocycles. The van der Waals surface area contributed by atoms with E-state index in [9.17, 15) is 0 Å². The Bertz CT molecular complexity index is 555. The van der Waals surface area contributed by atoms with Gasteiger partial charge in [0.2, 0.25) is 5.95 Å². The lowest BCUT2D eigenvalue weighted by Gasteiger charge is -2.19. The second-order valence-corrected chi connectivity index (χ2v) is 4.09. The molecule has 19 heavy (non-hydrogen) atoms. The number of aryl methyl sites for hydroxylation is 1. The molecule has 0 fully saturated rings. The summed E-state index contributed by atoms with van der Waals surface area (Å²) in [5.41, 5.74) is 4.31. The largest absolute Gasteiger partial charge is 0.497 e. The van der Waals surface area contributed by atoms with Gasteiger partial charge in [0, 0.05) is 24.5 Å². The number of nitrogens with one attached hydrogen (secondary N) is 1. The number of anilines is 3. The zero-order valence-corrected chi connectivity index (χ0v) is 11.2. The molecular weight excluding hydrogens is 242 g/mol. The van der Waals surface area contributed by atoms with Crippen LogP contribution in [0.3, 0.4) is 0 Å². The Kier molecular flexibility index (Phi) is 3.82. The fourth-order valence-electron chi connectivity index (χ4n) is 1.73. The van der Waals surface area contributed by atoms with E-state index < -0.39 is 0 Å². The number of ether oxygens (including phenoxy) is 1. The molecule has 2 aromatic rings. The third-order valence-electron chi connectivity index (χ3n) is 2.77. The average Bonchev–Trinajstić information content (AvgIpc) is 2.46. The number of hydrogen-bond acceptors (Lipinski definition) is 6. The summed E-state index contributed by atoms with van der Waals surface area (Å²) in [6.07, 6.45) is 0. The second-order valence-electron chi connectivity index (χ2n) is 4.09. The number of aromatic nitrogens is 2. The van der Waals surface area contributed by atoms with Gasteiger partial charge < -0.3 is 9.64 Å². The number of hydrazine groups is 1. The first-order valence-electron chi connectivity index (χ1n) is 5.84. The number of nitrogens with zero attached hydrogens (tertiary/aromatic N) is 3. The van der Waals surface area contributed by atoms with E-state index in [4.69, 9.17) is 10.6 Å². The van der Waals surface area contributed by atoms with E-state index in [2.05, 4.69) is 15.4 Å². The molecule has 6 nitrogen and oxygen atoms in total. The molecule has 0 amide bonds. The topological polar surface area (TPSA) is 76.3 Å². The predicted octanol–water partition coefficient (Wildman–Crippen LogP) is 1.85. The molecule has 0 aliphatic heterocycles. The standard InChI is InChI=1S/C13H17N5O/c1-9-8-12(16-13(15-9)17-14)18(2)10-4-6-11(19-3)7-5-10/h4-8H,14H2,1-3H3,(H,15,16,17). The monoisotopic (exact) mass is 259 g/mol. The van der Waals surface area contributed by atoms with Gasteiger partial charge in [0.15, 0.2) is 0 Å². The van der Waals surface area contributed by atoms with Crippen LogP contribution in [-0.4, -0.2) is 24.1 Å². The lowest BCUT2D eigenvalue weighted by molar-refractivity contribution is 0.415. The quantitative estimate of drug-likeness (QED) is 0.644. The second kappa shape index (κ2) is 5.53. The van der Waals surface area contributed by atoms with Crippen LogP contribution in [0.1, 0.15) is 5.69 Å². The van der Waals surface area contributed by atoms with Gasteiger partial charge in [-0.1, -0.05) is 0 Å². The predicted molar refractivity (Wildman–Crippen MR) is 75.6 cm³/mol. The van der Waals surface area contributed by atoms with Crippen LogP contribution >= 0.6 is 0 Å². The van der Waals surface area contributed by atoms with Crippen molar-refractivity contribution in [3.8, 4) is 5.75 Å². The fraction of sp³-hybridized carbons (Fsp3) is 0.231. The molecule has 100 valence electrons. The smallest absolute Gasteiger partial charge is 0.239 e. The van der Waals surface area contributed by atoms with Gasteiger partial charge in [0.25, 0.3) is 0 Å². The van der Waals surface area contributed by atoms with Gasteiger partial charge in [-0.25, -0.2) is 10.8 Å².